The monoisotopic (exact) mass is 328 g/mol. The van der Waals surface area contributed by atoms with Crippen molar-refractivity contribution in [3.8, 4) is 11.4 Å². The van der Waals surface area contributed by atoms with E-state index >= 15 is 0 Å². The van der Waals surface area contributed by atoms with Crippen LogP contribution in [0.1, 0.15) is 26.2 Å². The summed E-state index contributed by atoms with van der Waals surface area (Å²) in [5.74, 6) is 0.654. The van der Waals surface area contributed by atoms with Crippen molar-refractivity contribution < 1.29 is 4.74 Å². The van der Waals surface area contributed by atoms with E-state index in [1.807, 2.05) is 0 Å². The minimum atomic E-state index is -0.336. The number of fused-ring (bicyclic) bond motifs is 1. The molecule has 0 saturated heterocycles. The minimum Gasteiger partial charge on any atom is -0.497 e. The molecule has 126 valence electrons. The first-order valence-electron chi connectivity index (χ1n) is 8.01. The third-order valence-corrected chi connectivity index (χ3v) is 3.95. The van der Waals surface area contributed by atoms with Gasteiger partial charge in [-0.1, -0.05) is 25.8 Å². The number of aromatic nitrogens is 4. The largest absolute Gasteiger partial charge is 0.497 e. The van der Waals surface area contributed by atoms with Crippen molar-refractivity contribution in [2.45, 2.75) is 32.7 Å². The van der Waals surface area contributed by atoms with E-state index in [-0.39, 0.29) is 16.9 Å². The molecule has 0 amide bonds. The molecule has 2 heterocycles. The van der Waals surface area contributed by atoms with E-state index in [4.69, 9.17) is 4.74 Å². The lowest BCUT2D eigenvalue weighted by atomic mass is 10.2. The second kappa shape index (κ2) is 6.74. The molecule has 0 bridgehead atoms. The zero-order valence-electron chi connectivity index (χ0n) is 13.8. The Morgan fingerprint density at radius 3 is 2.75 bits per heavy atom. The number of hydrogen-bond acceptors (Lipinski definition) is 4. The van der Waals surface area contributed by atoms with Crippen molar-refractivity contribution in [2.24, 2.45) is 0 Å². The van der Waals surface area contributed by atoms with Gasteiger partial charge in [-0.05, 0) is 18.6 Å². The van der Waals surface area contributed by atoms with Crippen molar-refractivity contribution in [3.05, 3.63) is 57.5 Å². The van der Waals surface area contributed by atoms with Crippen LogP contribution in [0, 0.1) is 0 Å². The first kappa shape index (κ1) is 16.0. The lowest BCUT2D eigenvalue weighted by Crippen LogP contribution is -2.24. The van der Waals surface area contributed by atoms with E-state index in [2.05, 4.69) is 12.0 Å². The summed E-state index contributed by atoms with van der Waals surface area (Å²) in [6.45, 7) is 2.62. The highest BCUT2D eigenvalue weighted by atomic mass is 16.5. The lowest BCUT2D eigenvalue weighted by Gasteiger charge is -2.07. The molecule has 1 aromatic carbocycles. The predicted molar refractivity (Wildman–Crippen MR) is 91.1 cm³/mol. The Morgan fingerprint density at radius 1 is 1.17 bits per heavy atom. The van der Waals surface area contributed by atoms with Crippen LogP contribution in [0.2, 0.25) is 0 Å². The summed E-state index contributed by atoms with van der Waals surface area (Å²) in [5.41, 5.74) is 0.171. The van der Waals surface area contributed by atoms with Gasteiger partial charge in [-0.3, -0.25) is 9.36 Å². The molecule has 0 saturated carbocycles. The summed E-state index contributed by atoms with van der Waals surface area (Å²) in [5, 5.41) is 4.21. The average Bonchev–Trinajstić information content (AvgIpc) is 2.93. The van der Waals surface area contributed by atoms with E-state index < -0.39 is 0 Å². The Hall–Kier alpha value is -2.83. The quantitative estimate of drug-likeness (QED) is 0.648. The minimum absolute atomic E-state index is 0.127. The zero-order chi connectivity index (χ0) is 17.1. The number of nitrogens with zero attached hydrogens (tertiary/aromatic N) is 4. The van der Waals surface area contributed by atoms with Gasteiger partial charge < -0.3 is 4.74 Å². The maximum absolute atomic E-state index is 12.7. The number of rotatable bonds is 6. The summed E-state index contributed by atoms with van der Waals surface area (Å²) in [7, 11) is 1.57. The molecule has 7 heteroatoms. The van der Waals surface area contributed by atoms with Crippen molar-refractivity contribution in [2.75, 3.05) is 7.11 Å². The van der Waals surface area contributed by atoms with Crippen LogP contribution < -0.4 is 16.0 Å². The van der Waals surface area contributed by atoms with Gasteiger partial charge in [0.25, 0.3) is 0 Å². The summed E-state index contributed by atoms with van der Waals surface area (Å²) in [6, 6.07) is 7.17. The molecule has 0 spiro atoms. The lowest BCUT2D eigenvalue weighted by molar-refractivity contribution is 0.414. The van der Waals surface area contributed by atoms with Gasteiger partial charge in [0.15, 0.2) is 0 Å². The molecular weight excluding hydrogens is 308 g/mol. The topological polar surface area (TPSA) is 70.5 Å². The summed E-state index contributed by atoms with van der Waals surface area (Å²) in [4.78, 5) is 25.0. The van der Waals surface area contributed by atoms with Crippen LogP contribution in [0.3, 0.4) is 0 Å². The van der Waals surface area contributed by atoms with Gasteiger partial charge in [-0.15, -0.1) is 5.10 Å². The maximum Gasteiger partial charge on any atom is 0.350 e. The standard InChI is InChI=1S/C17H20N4O3/c1-3-4-5-9-21-17(23)20-11-10-19(16(22)15(20)18-21)13-7-6-8-14(12-13)24-2/h6-8,10-12H,3-5,9H2,1-2H3. The SMILES string of the molecule is CCCCCn1nc2c(=O)n(-c3cccc(OC)c3)ccn2c1=O. The van der Waals surface area contributed by atoms with E-state index in [0.717, 1.165) is 19.3 Å². The fraction of sp³-hybridized carbons (Fsp3) is 0.353. The third-order valence-electron chi connectivity index (χ3n) is 3.95. The molecule has 0 aliphatic rings. The Kier molecular flexibility index (Phi) is 4.50. The van der Waals surface area contributed by atoms with Crippen LogP contribution in [0.4, 0.5) is 0 Å². The molecule has 0 radical (unpaired) electrons. The molecule has 2 aromatic heterocycles. The molecule has 3 aromatic rings. The van der Waals surface area contributed by atoms with E-state index in [1.165, 1.54) is 13.6 Å². The molecular formula is C17H20N4O3. The van der Waals surface area contributed by atoms with Gasteiger partial charge in [0, 0.05) is 25.0 Å². The molecule has 24 heavy (non-hydrogen) atoms. The molecule has 7 nitrogen and oxygen atoms in total. The molecule has 0 N–H and O–H groups in total. The normalized spacial score (nSPS) is 11.1. The Balaban J connectivity index is 2.07. The van der Waals surface area contributed by atoms with E-state index in [1.54, 1.807) is 43.8 Å². The Bertz CT molecular complexity index is 968. The number of unbranched alkanes of at least 4 members (excludes halogenated alkanes) is 2. The number of hydrogen-bond donors (Lipinski definition) is 0. The maximum atomic E-state index is 12.7. The first-order chi connectivity index (χ1) is 11.7. The predicted octanol–water partition coefficient (Wildman–Crippen LogP) is 1.85. The molecule has 0 unspecified atom stereocenters. The van der Waals surface area contributed by atoms with Crippen LogP contribution in [0.5, 0.6) is 5.75 Å². The van der Waals surface area contributed by atoms with Crippen molar-refractivity contribution >= 4 is 5.65 Å². The van der Waals surface area contributed by atoms with Crippen LogP contribution in [0.15, 0.2) is 46.2 Å². The first-order valence-corrected chi connectivity index (χ1v) is 8.01. The smallest absolute Gasteiger partial charge is 0.350 e. The second-order valence-corrected chi connectivity index (χ2v) is 5.58. The summed E-state index contributed by atoms with van der Waals surface area (Å²) in [6.07, 6.45) is 6.09. The molecule has 0 atom stereocenters. The highest BCUT2D eigenvalue weighted by molar-refractivity contribution is 5.43. The van der Waals surface area contributed by atoms with Crippen molar-refractivity contribution in [1.82, 2.24) is 18.7 Å². The van der Waals surface area contributed by atoms with Gasteiger partial charge in [0.05, 0.1) is 12.8 Å². The van der Waals surface area contributed by atoms with E-state index in [0.29, 0.717) is 18.0 Å². The van der Waals surface area contributed by atoms with Crippen LogP contribution >= 0.6 is 0 Å². The molecule has 0 fully saturated rings. The molecule has 0 aliphatic heterocycles. The Morgan fingerprint density at radius 2 is 2.00 bits per heavy atom. The summed E-state index contributed by atoms with van der Waals surface area (Å²) >= 11 is 0. The summed E-state index contributed by atoms with van der Waals surface area (Å²) < 4.78 is 9.31. The number of benzene rings is 1. The average molecular weight is 328 g/mol. The third kappa shape index (κ3) is 2.84. The van der Waals surface area contributed by atoms with E-state index in [9.17, 15) is 9.59 Å². The van der Waals surface area contributed by atoms with Gasteiger partial charge in [-0.25, -0.2) is 13.9 Å². The number of ether oxygens (including phenoxy) is 1. The molecule has 3 rings (SSSR count). The van der Waals surface area contributed by atoms with Gasteiger partial charge in [-0.2, -0.15) is 0 Å². The van der Waals surface area contributed by atoms with Crippen LogP contribution in [0.25, 0.3) is 11.3 Å². The zero-order valence-corrected chi connectivity index (χ0v) is 13.8. The van der Waals surface area contributed by atoms with Crippen molar-refractivity contribution in [1.29, 1.82) is 0 Å². The Labute approximate surface area is 138 Å². The van der Waals surface area contributed by atoms with Gasteiger partial charge in [0.2, 0.25) is 5.65 Å². The fourth-order valence-corrected chi connectivity index (χ4v) is 2.63. The highest BCUT2D eigenvalue weighted by Gasteiger charge is 2.12. The van der Waals surface area contributed by atoms with Gasteiger partial charge >= 0.3 is 11.2 Å². The van der Waals surface area contributed by atoms with Crippen LogP contribution in [-0.4, -0.2) is 25.9 Å². The molecule has 0 aliphatic carbocycles. The number of aryl methyl sites for hydroxylation is 1. The fourth-order valence-electron chi connectivity index (χ4n) is 2.63. The highest BCUT2D eigenvalue weighted by Crippen LogP contribution is 2.15. The second-order valence-electron chi connectivity index (χ2n) is 5.58. The van der Waals surface area contributed by atoms with Gasteiger partial charge in [0.1, 0.15) is 5.75 Å². The van der Waals surface area contributed by atoms with Crippen molar-refractivity contribution in [3.63, 3.8) is 0 Å². The number of methoxy groups -OCH3 is 1. The van der Waals surface area contributed by atoms with Crippen LogP contribution in [-0.2, 0) is 6.54 Å².